The quantitative estimate of drug-likeness (QED) is 0.741. The summed E-state index contributed by atoms with van der Waals surface area (Å²) in [7, 11) is 0. The lowest BCUT2D eigenvalue weighted by Gasteiger charge is -2.23. The second kappa shape index (κ2) is 5.18. The Morgan fingerprint density at radius 1 is 1.29 bits per heavy atom. The molecule has 5 nitrogen and oxygen atoms in total. The normalized spacial score (nSPS) is 19.2. The Balaban J connectivity index is 2.21. The first-order valence-electron chi connectivity index (χ1n) is 6.70. The number of carbonyl (C=O) groups excluding carboxylic acids is 2. The van der Waals surface area contributed by atoms with Crippen LogP contribution < -0.4 is 5.56 Å². The molecule has 0 aliphatic heterocycles. The third-order valence-corrected chi connectivity index (χ3v) is 4.28. The summed E-state index contributed by atoms with van der Waals surface area (Å²) in [4.78, 5) is 40.5. The number of Topliss-reactive ketones (excluding diaryl/α,β-unsaturated/α-hetero) is 2. The first kappa shape index (κ1) is 14.1. The van der Waals surface area contributed by atoms with Gasteiger partial charge in [-0.3, -0.25) is 19.0 Å². The largest absolute Gasteiger partial charge is 0.299 e. The Morgan fingerprint density at radius 2 is 2.05 bits per heavy atom. The first-order chi connectivity index (χ1) is 9.97. The van der Waals surface area contributed by atoms with E-state index in [2.05, 4.69) is 20.9 Å². The standard InChI is InChI=1S/C15H13BrN2O3/c1-8-17-12-4-2-9(16)6-11(12)15(21)18(8)13-5-3-10(19)7-14(13)20/h2,4,6,13H,3,5,7H2,1H3. The fourth-order valence-corrected chi connectivity index (χ4v) is 3.14. The van der Waals surface area contributed by atoms with Gasteiger partial charge in [-0.15, -0.1) is 0 Å². The number of aromatic nitrogens is 2. The molecule has 1 aromatic carbocycles. The van der Waals surface area contributed by atoms with E-state index in [0.717, 1.165) is 4.47 Å². The van der Waals surface area contributed by atoms with Crippen molar-refractivity contribution < 1.29 is 9.59 Å². The lowest BCUT2D eigenvalue weighted by molar-refractivity contribution is -0.132. The monoisotopic (exact) mass is 348 g/mol. The zero-order valence-electron chi connectivity index (χ0n) is 11.4. The van der Waals surface area contributed by atoms with Crippen molar-refractivity contribution in [2.24, 2.45) is 0 Å². The summed E-state index contributed by atoms with van der Waals surface area (Å²) in [5.41, 5.74) is 0.378. The van der Waals surface area contributed by atoms with Crippen LogP contribution >= 0.6 is 15.9 Å². The minimum Gasteiger partial charge on any atom is -0.299 e. The number of carbonyl (C=O) groups is 2. The van der Waals surface area contributed by atoms with Gasteiger partial charge in [0.15, 0.2) is 5.78 Å². The number of fused-ring (bicyclic) bond motifs is 1. The molecule has 108 valence electrons. The molecule has 1 atom stereocenters. The van der Waals surface area contributed by atoms with Crippen LogP contribution in [0.1, 0.15) is 31.1 Å². The molecule has 2 aromatic rings. The van der Waals surface area contributed by atoms with Gasteiger partial charge in [0.05, 0.1) is 23.4 Å². The Morgan fingerprint density at radius 3 is 2.76 bits per heavy atom. The van der Waals surface area contributed by atoms with Crippen LogP contribution in [0, 0.1) is 6.92 Å². The van der Waals surface area contributed by atoms with Crippen LogP contribution in [0.25, 0.3) is 10.9 Å². The van der Waals surface area contributed by atoms with Gasteiger partial charge in [0.25, 0.3) is 5.56 Å². The summed E-state index contributed by atoms with van der Waals surface area (Å²) in [5.74, 6) is 0.244. The van der Waals surface area contributed by atoms with Gasteiger partial charge in [-0.1, -0.05) is 15.9 Å². The molecular weight excluding hydrogens is 336 g/mol. The number of rotatable bonds is 1. The van der Waals surface area contributed by atoms with E-state index in [1.807, 2.05) is 6.07 Å². The molecule has 0 radical (unpaired) electrons. The molecule has 1 aromatic heterocycles. The number of ketones is 2. The zero-order chi connectivity index (χ0) is 15.1. The van der Waals surface area contributed by atoms with E-state index in [4.69, 9.17) is 0 Å². The maximum Gasteiger partial charge on any atom is 0.262 e. The lowest BCUT2D eigenvalue weighted by atomic mass is 9.92. The predicted octanol–water partition coefficient (Wildman–Crippen LogP) is 2.33. The molecule has 1 saturated carbocycles. The molecule has 6 heteroatoms. The first-order valence-corrected chi connectivity index (χ1v) is 7.49. The number of aryl methyl sites for hydroxylation is 1. The van der Waals surface area contributed by atoms with Gasteiger partial charge >= 0.3 is 0 Å². The smallest absolute Gasteiger partial charge is 0.262 e. The number of benzene rings is 1. The van der Waals surface area contributed by atoms with Crippen molar-refractivity contribution in [2.75, 3.05) is 0 Å². The van der Waals surface area contributed by atoms with Gasteiger partial charge in [0.1, 0.15) is 11.6 Å². The van der Waals surface area contributed by atoms with Crippen molar-refractivity contribution in [3.8, 4) is 0 Å². The lowest BCUT2D eigenvalue weighted by Crippen LogP contribution is -2.36. The Kier molecular flexibility index (Phi) is 3.49. The molecule has 21 heavy (non-hydrogen) atoms. The average molecular weight is 349 g/mol. The summed E-state index contributed by atoms with van der Waals surface area (Å²) in [6, 6.07) is 4.72. The fraction of sp³-hybridized carbons (Fsp3) is 0.333. The van der Waals surface area contributed by atoms with Gasteiger partial charge < -0.3 is 0 Å². The van der Waals surface area contributed by atoms with Gasteiger partial charge in [-0.25, -0.2) is 4.98 Å². The molecular formula is C15H13BrN2O3. The van der Waals surface area contributed by atoms with Crippen LogP contribution in [-0.4, -0.2) is 21.1 Å². The van der Waals surface area contributed by atoms with Crippen molar-refractivity contribution in [3.05, 3.63) is 38.9 Å². The van der Waals surface area contributed by atoms with E-state index < -0.39 is 6.04 Å². The van der Waals surface area contributed by atoms with E-state index in [9.17, 15) is 14.4 Å². The molecule has 0 N–H and O–H groups in total. The van der Waals surface area contributed by atoms with E-state index in [-0.39, 0.29) is 23.5 Å². The highest BCUT2D eigenvalue weighted by Crippen LogP contribution is 2.24. The fourth-order valence-electron chi connectivity index (χ4n) is 2.78. The van der Waals surface area contributed by atoms with E-state index in [0.29, 0.717) is 29.6 Å². The highest BCUT2D eigenvalue weighted by atomic mass is 79.9. The molecule has 1 unspecified atom stereocenters. The molecule has 0 bridgehead atoms. The summed E-state index contributed by atoms with van der Waals surface area (Å²) < 4.78 is 2.22. The van der Waals surface area contributed by atoms with Gasteiger partial charge in [-0.05, 0) is 31.5 Å². The minimum absolute atomic E-state index is 0.0570. The second-order valence-electron chi connectivity index (χ2n) is 5.23. The highest BCUT2D eigenvalue weighted by molar-refractivity contribution is 9.10. The predicted molar refractivity (Wildman–Crippen MR) is 81.3 cm³/mol. The molecule has 0 spiro atoms. The third kappa shape index (κ3) is 2.44. The van der Waals surface area contributed by atoms with Crippen LogP contribution in [-0.2, 0) is 9.59 Å². The summed E-state index contributed by atoms with van der Waals surface area (Å²) in [5, 5.41) is 0.472. The van der Waals surface area contributed by atoms with Crippen molar-refractivity contribution in [2.45, 2.75) is 32.2 Å². The number of hydrogen-bond acceptors (Lipinski definition) is 4. The van der Waals surface area contributed by atoms with Gasteiger partial charge in [-0.2, -0.15) is 0 Å². The van der Waals surface area contributed by atoms with Crippen LogP contribution in [0.15, 0.2) is 27.5 Å². The van der Waals surface area contributed by atoms with Crippen LogP contribution in [0.3, 0.4) is 0 Å². The van der Waals surface area contributed by atoms with Gasteiger partial charge in [0.2, 0.25) is 0 Å². The highest BCUT2D eigenvalue weighted by Gasteiger charge is 2.30. The summed E-state index contributed by atoms with van der Waals surface area (Å²) >= 11 is 3.34. The molecule has 1 aliphatic rings. The Hall–Kier alpha value is -1.82. The molecule has 0 saturated heterocycles. The maximum atomic E-state index is 12.7. The van der Waals surface area contributed by atoms with E-state index >= 15 is 0 Å². The van der Waals surface area contributed by atoms with E-state index in [1.54, 1.807) is 19.1 Å². The Bertz CT molecular complexity index is 826. The third-order valence-electron chi connectivity index (χ3n) is 3.79. The van der Waals surface area contributed by atoms with Crippen molar-refractivity contribution in [3.63, 3.8) is 0 Å². The Labute approximate surface area is 129 Å². The molecule has 0 amide bonds. The zero-order valence-corrected chi connectivity index (χ0v) is 13.0. The van der Waals surface area contributed by atoms with Crippen LogP contribution in [0.4, 0.5) is 0 Å². The summed E-state index contributed by atoms with van der Waals surface area (Å²) in [6.07, 6.45) is 0.617. The number of hydrogen-bond donors (Lipinski definition) is 0. The topological polar surface area (TPSA) is 69.0 Å². The molecule has 3 rings (SSSR count). The minimum atomic E-state index is -0.578. The molecule has 1 heterocycles. The molecule has 1 fully saturated rings. The van der Waals surface area contributed by atoms with Crippen molar-refractivity contribution in [1.82, 2.24) is 9.55 Å². The van der Waals surface area contributed by atoms with Gasteiger partial charge in [0, 0.05) is 10.9 Å². The van der Waals surface area contributed by atoms with Crippen molar-refractivity contribution >= 4 is 38.4 Å². The SMILES string of the molecule is Cc1nc2ccc(Br)cc2c(=O)n1C1CCC(=O)CC1=O. The average Bonchev–Trinajstić information content (AvgIpc) is 2.42. The van der Waals surface area contributed by atoms with E-state index in [1.165, 1.54) is 4.57 Å². The van der Waals surface area contributed by atoms with Crippen LogP contribution in [0.2, 0.25) is 0 Å². The maximum absolute atomic E-state index is 12.7. The number of nitrogens with zero attached hydrogens (tertiary/aromatic N) is 2. The molecule has 1 aliphatic carbocycles. The number of halogens is 1. The summed E-state index contributed by atoms with van der Waals surface area (Å²) in [6.45, 7) is 1.71. The van der Waals surface area contributed by atoms with Crippen molar-refractivity contribution in [1.29, 1.82) is 0 Å². The van der Waals surface area contributed by atoms with Crippen LogP contribution in [0.5, 0.6) is 0 Å². The second-order valence-corrected chi connectivity index (χ2v) is 6.15.